The third kappa shape index (κ3) is 7.53. The van der Waals surface area contributed by atoms with Gasteiger partial charge in [0.1, 0.15) is 22.9 Å². The molecule has 0 saturated heterocycles. The number of phenols is 1. The second kappa shape index (κ2) is 14.4. The van der Waals surface area contributed by atoms with Crippen LogP contribution < -0.4 is 9.84 Å². The molecule has 3 aromatic carbocycles. The van der Waals surface area contributed by atoms with E-state index in [0.29, 0.717) is 35.1 Å². The molecule has 5 rings (SSSR count). The van der Waals surface area contributed by atoms with Gasteiger partial charge in [-0.15, -0.1) is 0 Å². The maximum absolute atomic E-state index is 14.2. The van der Waals surface area contributed by atoms with Gasteiger partial charge in [-0.25, -0.2) is 4.39 Å². The Morgan fingerprint density at radius 2 is 1.85 bits per heavy atom. The molecule has 0 radical (unpaired) electrons. The minimum Gasteiger partial charge on any atom is -0.505 e. The van der Waals surface area contributed by atoms with Gasteiger partial charge in [0, 0.05) is 50.2 Å². The predicted octanol–water partition coefficient (Wildman–Crippen LogP) is 5.97. The summed E-state index contributed by atoms with van der Waals surface area (Å²) in [5.41, 5.74) is 1.39. The van der Waals surface area contributed by atoms with E-state index in [9.17, 15) is 28.4 Å². The number of rotatable bonds is 14. The SMILES string of the molecule is CCCC(=O)[C@H](C)NCP(=O)(CCN(C)C(=O)c1c2c(c(O)c3ncccc13)C(=O)N(Cc1ccc(F)cc1)C2)Oc1ccccc1. The number of aromatic nitrogens is 1. The van der Waals surface area contributed by atoms with Crippen LogP contribution in [-0.2, 0) is 22.4 Å². The fourth-order valence-electron chi connectivity index (χ4n) is 5.61. The van der Waals surface area contributed by atoms with E-state index in [1.165, 1.54) is 28.1 Å². The molecule has 0 saturated carbocycles. The summed E-state index contributed by atoms with van der Waals surface area (Å²) < 4.78 is 33.7. The van der Waals surface area contributed by atoms with Gasteiger partial charge in [-0.05, 0) is 49.2 Å². The van der Waals surface area contributed by atoms with Gasteiger partial charge in [0.25, 0.3) is 19.2 Å². The van der Waals surface area contributed by atoms with Crippen LogP contribution in [0.3, 0.4) is 0 Å². The van der Waals surface area contributed by atoms with E-state index in [1.54, 1.807) is 62.5 Å². The van der Waals surface area contributed by atoms with E-state index in [0.717, 1.165) is 0 Å². The molecule has 2 N–H and O–H groups in total. The van der Waals surface area contributed by atoms with Crippen molar-refractivity contribution in [1.82, 2.24) is 20.1 Å². The van der Waals surface area contributed by atoms with Crippen molar-refractivity contribution in [2.24, 2.45) is 0 Å². The monoisotopic (exact) mass is 660 g/mol. The molecule has 2 amide bonds. The largest absolute Gasteiger partial charge is 0.505 e. The van der Waals surface area contributed by atoms with E-state index in [1.807, 2.05) is 13.0 Å². The summed E-state index contributed by atoms with van der Waals surface area (Å²) in [4.78, 5) is 47.4. The maximum atomic E-state index is 14.2. The summed E-state index contributed by atoms with van der Waals surface area (Å²) in [6.07, 6.45) is 2.49. The number of phenolic OH excluding ortho intramolecular Hbond substituents is 1. The van der Waals surface area contributed by atoms with Crippen molar-refractivity contribution in [2.75, 3.05) is 26.0 Å². The average molecular weight is 661 g/mol. The lowest BCUT2D eigenvalue weighted by Gasteiger charge is -2.25. The highest BCUT2D eigenvalue weighted by atomic mass is 31.2. The number of carbonyl (C=O) groups excluding carboxylic acids is 3. The Labute approximate surface area is 273 Å². The zero-order valence-corrected chi connectivity index (χ0v) is 27.5. The summed E-state index contributed by atoms with van der Waals surface area (Å²) in [5.74, 6) is -1.20. The molecule has 10 nitrogen and oxygen atoms in total. The number of benzene rings is 3. The smallest absolute Gasteiger partial charge is 0.263 e. The number of halogens is 1. The number of nitrogens with zero attached hydrogens (tertiary/aromatic N) is 3. The lowest BCUT2D eigenvalue weighted by atomic mass is 9.95. The van der Waals surface area contributed by atoms with E-state index < -0.39 is 31.0 Å². The number of aromatic hydroxyl groups is 1. The highest BCUT2D eigenvalue weighted by Gasteiger charge is 2.37. The van der Waals surface area contributed by atoms with Crippen LogP contribution in [0, 0.1) is 5.82 Å². The molecule has 1 aliphatic rings. The quantitative estimate of drug-likeness (QED) is 0.158. The van der Waals surface area contributed by atoms with E-state index in [-0.39, 0.29) is 60.3 Å². The number of para-hydroxylation sites is 1. The number of pyridine rings is 1. The van der Waals surface area contributed by atoms with Crippen LogP contribution in [0.2, 0.25) is 0 Å². The van der Waals surface area contributed by atoms with Crippen molar-refractivity contribution in [3.05, 3.63) is 101 Å². The topological polar surface area (TPSA) is 129 Å². The van der Waals surface area contributed by atoms with Crippen molar-refractivity contribution < 1.29 is 33.0 Å². The fourth-order valence-corrected chi connectivity index (χ4v) is 7.59. The van der Waals surface area contributed by atoms with Crippen LogP contribution in [0.4, 0.5) is 4.39 Å². The summed E-state index contributed by atoms with van der Waals surface area (Å²) in [6, 6.07) is 17.3. The molecular weight excluding hydrogens is 622 g/mol. The number of hydrogen-bond acceptors (Lipinski definition) is 8. The zero-order chi connectivity index (χ0) is 33.7. The first-order valence-electron chi connectivity index (χ1n) is 15.5. The van der Waals surface area contributed by atoms with Crippen molar-refractivity contribution in [3.8, 4) is 11.5 Å². The van der Waals surface area contributed by atoms with E-state index in [2.05, 4.69) is 10.3 Å². The lowest BCUT2D eigenvalue weighted by Crippen LogP contribution is -2.36. The van der Waals surface area contributed by atoms with Crippen LogP contribution >= 0.6 is 7.37 Å². The van der Waals surface area contributed by atoms with Crippen molar-refractivity contribution in [2.45, 2.75) is 45.8 Å². The molecule has 1 aromatic heterocycles. The molecule has 0 fully saturated rings. The van der Waals surface area contributed by atoms with Crippen LogP contribution in [0.25, 0.3) is 10.9 Å². The molecule has 12 heteroatoms. The second-order valence-corrected chi connectivity index (χ2v) is 14.3. The van der Waals surface area contributed by atoms with Crippen LogP contribution in [0.1, 0.15) is 58.5 Å². The van der Waals surface area contributed by atoms with Crippen molar-refractivity contribution in [1.29, 1.82) is 0 Å². The van der Waals surface area contributed by atoms with E-state index >= 15 is 0 Å². The highest BCUT2D eigenvalue weighted by molar-refractivity contribution is 7.59. The normalized spacial score (nSPS) is 14.5. The van der Waals surface area contributed by atoms with Gasteiger partial charge in [0.15, 0.2) is 5.75 Å². The second-order valence-electron chi connectivity index (χ2n) is 11.7. The molecular formula is C35H38FN4O6P. The summed E-state index contributed by atoms with van der Waals surface area (Å²) >= 11 is 0. The van der Waals surface area contributed by atoms with Gasteiger partial charge in [-0.3, -0.25) is 29.2 Å². The Morgan fingerprint density at radius 1 is 1.13 bits per heavy atom. The number of amides is 2. The number of Topliss-reactive ketones (excluding diaryl/α,β-unsaturated/α-hetero) is 1. The van der Waals surface area contributed by atoms with Crippen molar-refractivity contribution in [3.63, 3.8) is 0 Å². The number of hydrogen-bond donors (Lipinski definition) is 2. The molecule has 2 heterocycles. The highest BCUT2D eigenvalue weighted by Crippen LogP contribution is 2.46. The minimum absolute atomic E-state index is 0.00285. The zero-order valence-electron chi connectivity index (χ0n) is 26.6. The molecule has 0 bridgehead atoms. The average Bonchev–Trinajstić information content (AvgIpc) is 3.39. The number of ketones is 1. The molecule has 47 heavy (non-hydrogen) atoms. The molecule has 246 valence electrons. The Balaban J connectivity index is 1.41. The predicted molar refractivity (Wildman–Crippen MR) is 177 cm³/mol. The van der Waals surface area contributed by atoms with Gasteiger partial charge in [-0.1, -0.05) is 43.3 Å². The summed E-state index contributed by atoms with van der Waals surface area (Å²) in [5, 5.41) is 14.6. The number of fused-ring (bicyclic) bond motifs is 2. The Hall–Kier alpha value is -4.60. The molecule has 0 aliphatic carbocycles. The first-order valence-corrected chi connectivity index (χ1v) is 17.5. The van der Waals surface area contributed by atoms with Gasteiger partial charge in [0.05, 0.1) is 29.6 Å². The van der Waals surface area contributed by atoms with Crippen LogP contribution in [0.5, 0.6) is 11.5 Å². The first kappa shape index (κ1) is 33.8. The first-order chi connectivity index (χ1) is 22.5. The Kier molecular flexibility index (Phi) is 10.4. The third-order valence-electron chi connectivity index (χ3n) is 8.25. The Morgan fingerprint density at radius 3 is 2.55 bits per heavy atom. The van der Waals surface area contributed by atoms with Gasteiger partial charge < -0.3 is 19.4 Å². The summed E-state index contributed by atoms with van der Waals surface area (Å²) in [7, 11) is -1.90. The third-order valence-corrected chi connectivity index (χ3v) is 10.3. The fraction of sp³-hybridized carbons (Fsp3) is 0.314. The van der Waals surface area contributed by atoms with Gasteiger partial charge in [0.2, 0.25) is 0 Å². The number of carbonyl (C=O) groups is 3. The van der Waals surface area contributed by atoms with Gasteiger partial charge in [-0.2, -0.15) is 0 Å². The molecule has 1 aliphatic heterocycles. The minimum atomic E-state index is -3.47. The molecule has 4 aromatic rings. The number of nitrogens with one attached hydrogen (secondary N) is 1. The molecule has 0 spiro atoms. The van der Waals surface area contributed by atoms with Gasteiger partial charge >= 0.3 is 0 Å². The standard InChI is InChI=1S/C35H38FN4O6P/c1-4-9-29(41)23(2)38-22-47(45,46-26-10-6-5-7-11-26)19-18-39(3)34(43)30-27-12-8-17-37-32(27)33(42)31-28(30)21-40(35(31)44)20-24-13-15-25(36)16-14-24/h5-8,10-17,23,38,42H,4,9,18-22H2,1-3H3/t23-,47?/m0/s1. The Bertz CT molecular complexity index is 1840. The van der Waals surface area contributed by atoms with Crippen molar-refractivity contribution >= 4 is 35.9 Å². The summed E-state index contributed by atoms with van der Waals surface area (Å²) in [6.45, 7) is 3.87. The molecule has 1 unspecified atom stereocenters. The maximum Gasteiger partial charge on any atom is 0.263 e. The van der Waals surface area contributed by atoms with E-state index in [4.69, 9.17) is 4.52 Å². The lowest BCUT2D eigenvalue weighted by molar-refractivity contribution is -0.120. The molecule has 2 atom stereocenters. The van der Waals surface area contributed by atoms with Crippen LogP contribution in [-0.4, -0.2) is 69.6 Å². The van der Waals surface area contributed by atoms with Crippen LogP contribution in [0.15, 0.2) is 72.9 Å².